The zero-order chi connectivity index (χ0) is 11.8. The molecule has 7 heteroatoms. The van der Waals surface area contributed by atoms with Crippen LogP contribution in [0.25, 0.3) is 0 Å². The normalized spacial score (nSPS) is 11.4. The van der Waals surface area contributed by atoms with E-state index in [0.717, 1.165) is 0 Å². The van der Waals surface area contributed by atoms with Gasteiger partial charge in [0.2, 0.25) is 11.8 Å². The summed E-state index contributed by atoms with van der Waals surface area (Å²) in [6.45, 7) is 3.75. The monoisotopic (exact) mass is 235 g/mol. The van der Waals surface area contributed by atoms with E-state index >= 15 is 0 Å². The molecular weight excluding hydrogens is 222 g/mol. The third-order valence-corrected chi connectivity index (χ3v) is 1.71. The summed E-state index contributed by atoms with van der Waals surface area (Å²) in [5.41, 5.74) is 0. The fourth-order valence-electron chi connectivity index (χ4n) is 0.786. The molecule has 0 radical (unpaired) electrons. The molecule has 0 aliphatic rings. The lowest BCUT2D eigenvalue weighted by Crippen LogP contribution is -2.49. The Bertz CT molecular complexity index is 258. The molecule has 15 heavy (non-hydrogen) atoms. The number of rotatable bonds is 4. The van der Waals surface area contributed by atoms with E-state index in [4.69, 9.17) is 11.6 Å². The van der Waals surface area contributed by atoms with Gasteiger partial charge in [-0.15, -0.1) is 11.6 Å². The second kappa shape index (κ2) is 7.05. The predicted octanol–water partition coefficient (Wildman–Crippen LogP) is -0.424. The lowest BCUT2D eigenvalue weighted by molar-refractivity contribution is -0.122. The highest BCUT2D eigenvalue weighted by atomic mass is 35.5. The second-order valence-corrected chi connectivity index (χ2v) is 3.04. The first-order valence-electron chi connectivity index (χ1n) is 4.45. The van der Waals surface area contributed by atoms with Gasteiger partial charge in [-0.2, -0.15) is 0 Å². The van der Waals surface area contributed by atoms with Crippen LogP contribution in [0.4, 0.5) is 4.79 Å². The van der Waals surface area contributed by atoms with Gasteiger partial charge in [-0.05, 0) is 13.8 Å². The maximum Gasteiger partial charge on any atom is 0.322 e. The van der Waals surface area contributed by atoms with E-state index in [1.165, 1.54) is 6.92 Å². The van der Waals surface area contributed by atoms with E-state index in [-0.39, 0.29) is 11.8 Å². The minimum atomic E-state index is -0.737. The third kappa shape index (κ3) is 5.90. The molecule has 0 saturated carbocycles. The molecule has 0 rings (SSSR count). The van der Waals surface area contributed by atoms with Gasteiger partial charge >= 0.3 is 6.03 Å². The van der Waals surface area contributed by atoms with Gasteiger partial charge < -0.3 is 10.6 Å². The molecule has 4 amide bonds. The molecule has 0 fully saturated rings. The van der Waals surface area contributed by atoms with Gasteiger partial charge in [0.15, 0.2) is 0 Å². The van der Waals surface area contributed by atoms with Gasteiger partial charge in [-0.3, -0.25) is 14.9 Å². The topological polar surface area (TPSA) is 87.3 Å². The van der Waals surface area contributed by atoms with Crippen LogP contribution in [0.5, 0.6) is 0 Å². The molecular formula is C8H14ClN3O3. The van der Waals surface area contributed by atoms with Gasteiger partial charge in [0, 0.05) is 6.54 Å². The van der Waals surface area contributed by atoms with Crippen molar-refractivity contribution < 1.29 is 14.4 Å². The Morgan fingerprint density at radius 3 is 2.40 bits per heavy atom. The van der Waals surface area contributed by atoms with E-state index in [0.29, 0.717) is 6.54 Å². The smallest absolute Gasteiger partial charge is 0.322 e. The molecule has 0 bridgehead atoms. The number of imide groups is 1. The number of halogens is 1. The highest BCUT2D eigenvalue weighted by Crippen LogP contribution is 1.82. The standard InChI is InChI=1S/C8H14ClN3O3/c1-3-10-7(14)5(2)11-8(15)12-6(13)4-9/h5H,3-4H2,1-2H3,(H,10,14)(H2,11,12,13,15). The van der Waals surface area contributed by atoms with Crippen LogP contribution in [0.2, 0.25) is 0 Å². The minimum Gasteiger partial charge on any atom is -0.355 e. The van der Waals surface area contributed by atoms with Crippen molar-refractivity contribution in [2.75, 3.05) is 12.4 Å². The Labute approximate surface area is 92.7 Å². The summed E-state index contributed by atoms with van der Waals surface area (Å²) < 4.78 is 0. The first-order valence-corrected chi connectivity index (χ1v) is 4.98. The number of nitrogens with one attached hydrogen (secondary N) is 3. The Kier molecular flexibility index (Phi) is 6.44. The number of likely N-dealkylation sites (N-methyl/N-ethyl adjacent to an activating group) is 1. The summed E-state index contributed by atoms with van der Waals surface area (Å²) in [6, 6.07) is -1.44. The van der Waals surface area contributed by atoms with Crippen LogP contribution in [0, 0.1) is 0 Å². The lowest BCUT2D eigenvalue weighted by atomic mass is 10.3. The summed E-state index contributed by atoms with van der Waals surface area (Å²) in [5.74, 6) is -1.23. The van der Waals surface area contributed by atoms with E-state index in [1.54, 1.807) is 6.92 Å². The molecule has 0 aliphatic carbocycles. The van der Waals surface area contributed by atoms with Crippen LogP contribution in [-0.2, 0) is 9.59 Å². The number of amides is 4. The molecule has 0 aliphatic heterocycles. The molecule has 6 nitrogen and oxygen atoms in total. The molecule has 3 N–H and O–H groups in total. The largest absolute Gasteiger partial charge is 0.355 e. The molecule has 0 aromatic rings. The van der Waals surface area contributed by atoms with Gasteiger partial charge in [-0.25, -0.2) is 4.79 Å². The average Bonchev–Trinajstić information content (AvgIpc) is 2.17. The maximum absolute atomic E-state index is 11.2. The number of alkyl halides is 1. The zero-order valence-electron chi connectivity index (χ0n) is 8.59. The number of carbonyl (C=O) groups excluding carboxylic acids is 3. The van der Waals surface area contributed by atoms with Gasteiger partial charge in [0.05, 0.1) is 0 Å². The Morgan fingerprint density at radius 1 is 1.33 bits per heavy atom. The minimum absolute atomic E-state index is 0.303. The fraction of sp³-hybridized carbons (Fsp3) is 0.625. The third-order valence-electron chi connectivity index (χ3n) is 1.47. The van der Waals surface area contributed by atoms with E-state index in [1.807, 2.05) is 5.32 Å². The van der Waals surface area contributed by atoms with E-state index in [2.05, 4.69) is 10.6 Å². The SMILES string of the molecule is CCNC(=O)C(C)NC(=O)NC(=O)CCl. The number of carbonyl (C=O) groups is 3. The summed E-state index contributed by atoms with van der Waals surface area (Å²) in [5, 5.41) is 6.77. The number of urea groups is 1. The van der Waals surface area contributed by atoms with Crippen molar-refractivity contribution >= 4 is 29.4 Å². The van der Waals surface area contributed by atoms with Crippen LogP contribution in [0.15, 0.2) is 0 Å². The summed E-state index contributed by atoms with van der Waals surface area (Å²) in [7, 11) is 0. The summed E-state index contributed by atoms with van der Waals surface area (Å²) >= 11 is 5.17. The van der Waals surface area contributed by atoms with E-state index < -0.39 is 18.0 Å². The Hall–Kier alpha value is -1.30. The summed E-state index contributed by atoms with van der Waals surface area (Å²) in [4.78, 5) is 32.9. The Morgan fingerprint density at radius 2 is 1.93 bits per heavy atom. The quantitative estimate of drug-likeness (QED) is 0.578. The van der Waals surface area contributed by atoms with Crippen molar-refractivity contribution in [2.24, 2.45) is 0 Å². The van der Waals surface area contributed by atoms with E-state index in [9.17, 15) is 14.4 Å². The highest BCUT2D eigenvalue weighted by molar-refractivity contribution is 6.28. The highest BCUT2D eigenvalue weighted by Gasteiger charge is 2.15. The molecule has 1 unspecified atom stereocenters. The first kappa shape index (κ1) is 13.7. The molecule has 1 atom stereocenters. The molecule has 0 saturated heterocycles. The van der Waals surface area contributed by atoms with Crippen molar-refractivity contribution in [3.05, 3.63) is 0 Å². The predicted molar refractivity (Wildman–Crippen MR) is 55.5 cm³/mol. The first-order chi connectivity index (χ1) is 7.01. The Balaban J connectivity index is 3.95. The number of hydrogen-bond donors (Lipinski definition) is 3. The molecule has 86 valence electrons. The van der Waals surface area contributed by atoms with Crippen LogP contribution in [0.3, 0.4) is 0 Å². The van der Waals surface area contributed by atoms with Crippen molar-refractivity contribution in [2.45, 2.75) is 19.9 Å². The van der Waals surface area contributed by atoms with Crippen LogP contribution in [-0.4, -0.2) is 36.3 Å². The fourth-order valence-corrected chi connectivity index (χ4v) is 0.852. The molecule has 0 spiro atoms. The van der Waals surface area contributed by atoms with Gasteiger partial charge in [-0.1, -0.05) is 0 Å². The van der Waals surface area contributed by atoms with Crippen LogP contribution < -0.4 is 16.0 Å². The zero-order valence-corrected chi connectivity index (χ0v) is 9.35. The average molecular weight is 236 g/mol. The van der Waals surface area contributed by atoms with Crippen molar-refractivity contribution in [1.29, 1.82) is 0 Å². The van der Waals surface area contributed by atoms with Crippen LogP contribution in [0.1, 0.15) is 13.8 Å². The van der Waals surface area contributed by atoms with Gasteiger partial charge in [0.25, 0.3) is 0 Å². The van der Waals surface area contributed by atoms with Gasteiger partial charge in [0.1, 0.15) is 11.9 Å². The second-order valence-electron chi connectivity index (χ2n) is 2.77. The lowest BCUT2D eigenvalue weighted by Gasteiger charge is -2.12. The van der Waals surface area contributed by atoms with Crippen molar-refractivity contribution in [3.63, 3.8) is 0 Å². The molecule has 0 heterocycles. The molecule has 0 aromatic carbocycles. The van der Waals surface area contributed by atoms with Crippen LogP contribution >= 0.6 is 11.6 Å². The number of hydrogen-bond acceptors (Lipinski definition) is 3. The van der Waals surface area contributed by atoms with Crippen molar-refractivity contribution in [3.8, 4) is 0 Å². The summed E-state index contributed by atoms with van der Waals surface area (Å²) in [6.07, 6.45) is 0. The van der Waals surface area contributed by atoms with Crippen molar-refractivity contribution in [1.82, 2.24) is 16.0 Å². The maximum atomic E-state index is 11.2. The molecule has 0 aromatic heterocycles.